The summed E-state index contributed by atoms with van der Waals surface area (Å²) in [6.45, 7) is 4.75. The Morgan fingerprint density at radius 3 is 2.66 bits per heavy atom. The summed E-state index contributed by atoms with van der Waals surface area (Å²) in [6.07, 6.45) is 0.672. The maximum absolute atomic E-state index is 13.6. The summed E-state index contributed by atoms with van der Waals surface area (Å²) < 4.78 is 46.7. The van der Waals surface area contributed by atoms with Gasteiger partial charge in [-0.2, -0.15) is 13.2 Å². The van der Waals surface area contributed by atoms with E-state index in [1.54, 1.807) is 11.8 Å². The lowest BCUT2D eigenvalue weighted by molar-refractivity contribution is -0.137. The molecule has 0 bridgehead atoms. The molecule has 2 aliphatic carbocycles. The molecule has 2 amide bonds. The number of fused-ring (bicyclic) bond motifs is 1. The molecule has 3 aromatic rings. The highest BCUT2D eigenvalue weighted by Crippen LogP contribution is 2.53. The van der Waals surface area contributed by atoms with E-state index in [2.05, 4.69) is 20.3 Å². The third-order valence-electron chi connectivity index (χ3n) is 8.02. The average Bonchev–Trinajstić information content (AvgIpc) is 3.76. The normalized spacial score (nSPS) is 20.2. The van der Waals surface area contributed by atoms with Crippen LogP contribution in [0.2, 0.25) is 0 Å². The molecule has 1 spiro atoms. The van der Waals surface area contributed by atoms with Crippen LogP contribution in [0.15, 0.2) is 24.5 Å². The minimum absolute atomic E-state index is 0.0190. The Morgan fingerprint density at radius 1 is 1.24 bits per heavy atom. The lowest BCUT2D eigenvalue weighted by Crippen LogP contribution is -2.41. The molecule has 11 heteroatoms. The van der Waals surface area contributed by atoms with Crippen molar-refractivity contribution in [2.75, 3.05) is 19.7 Å². The summed E-state index contributed by atoms with van der Waals surface area (Å²) in [7, 11) is 0. The van der Waals surface area contributed by atoms with Crippen molar-refractivity contribution < 1.29 is 27.5 Å². The Bertz CT molecular complexity index is 1440. The Morgan fingerprint density at radius 2 is 2.00 bits per heavy atom. The number of nitrogens with one attached hydrogen (secondary N) is 2. The number of likely N-dealkylation sites (tertiary alicyclic amines) is 1. The molecule has 1 aliphatic heterocycles. The second-order valence-electron chi connectivity index (χ2n) is 10.8. The van der Waals surface area contributed by atoms with Crippen LogP contribution in [0, 0.1) is 18.3 Å². The van der Waals surface area contributed by atoms with Crippen molar-refractivity contribution in [2.45, 2.75) is 51.7 Å². The van der Waals surface area contributed by atoms with E-state index in [4.69, 9.17) is 4.74 Å². The van der Waals surface area contributed by atoms with Crippen LogP contribution in [-0.2, 0) is 11.0 Å². The number of nitrogens with zero attached hydrogens (tertiary/aromatic N) is 3. The highest BCUT2D eigenvalue weighted by Gasteiger charge is 2.56. The van der Waals surface area contributed by atoms with Crippen LogP contribution in [0.4, 0.5) is 13.2 Å². The van der Waals surface area contributed by atoms with Crippen LogP contribution in [0.5, 0.6) is 5.75 Å². The molecule has 0 radical (unpaired) electrons. The number of benzene rings is 1. The zero-order valence-electron chi connectivity index (χ0n) is 21.1. The van der Waals surface area contributed by atoms with Crippen molar-refractivity contribution in [3.05, 3.63) is 41.3 Å². The van der Waals surface area contributed by atoms with Crippen molar-refractivity contribution in [3.63, 3.8) is 0 Å². The molecule has 38 heavy (non-hydrogen) atoms. The van der Waals surface area contributed by atoms with Gasteiger partial charge in [0.25, 0.3) is 5.91 Å². The van der Waals surface area contributed by atoms with Gasteiger partial charge in [-0.1, -0.05) is 0 Å². The highest BCUT2D eigenvalue weighted by atomic mass is 19.4. The van der Waals surface area contributed by atoms with E-state index in [0.29, 0.717) is 53.7 Å². The number of aryl methyl sites for hydroxylation is 1. The van der Waals surface area contributed by atoms with Crippen molar-refractivity contribution >= 4 is 22.8 Å². The molecule has 3 fully saturated rings. The summed E-state index contributed by atoms with van der Waals surface area (Å²) >= 11 is 0. The van der Waals surface area contributed by atoms with Crippen LogP contribution in [0.25, 0.3) is 22.3 Å². The summed E-state index contributed by atoms with van der Waals surface area (Å²) in [5.41, 5.74) is 1.04. The van der Waals surface area contributed by atoms with E-state index in [9.17, 15) is 22.8 Å². The van der Waals surface area contributed by atoms with E-state index in [0.717, 1.165) is 37.8 Å². The van der Waals surface area contributed by atoms with Crippen molar-refractivity contribution in [3.8, 4) is 17.0 Å². The lowest BCUT2D eigenvalue weighted by atomic mass is 10.00. The van der Waals surface area contributed by atoms with E-state index >= 15 is 0 Å². The molecule has 2 saturated carbocycles. The zero-order chi connectivity index (χ0) is 26.8. The number of amides is 2. The Kier molecular flexibility index (Phi) is 5.66. The summed E-state index contributed by atoms with van der Waals surface area (Å²) in [4.78, 5) is 39.0. The molecule has 2 aromatic heterocycles. The first-order chi connectivity index (χ1) is 18.1. The standard InChI is InChI=1S/C27H28F3N5O3/c1-14-21(25(37)34-20-10-35(15(2)36)12-26(20)7-8-26)23-24(33-14)22(31-13-32-23)18-9-17(27(28,29)30)5-6-19(18)38-11-16-3-4-16/h5-6,9,13,16,20,33H,3-4,7-8,10-12H2,1-2H3,(H,34,37)/t20-/m1/s1. The quantitative estimate of drug-likeness (QED) is 0.492. The van der Waals surface area contributed by atoms with Crippen LogP contribution < -0.4 is 10.1 Å². The van der Waals surface area contributed by atoms with E-state index in [1.807, 2.05) is 0 Å². The first-order valence-corrected chi connectivity index (χ1v) is 12.8. The van der Waals surface area contributed by atoms with Gasteiger partial charge >= 0.3 is 6.18 Å². The van der Waals surface area contributed by atoms with Gasteiger partial charge in [-0.3, -0.25) is 9.59 Å². The number of H-pyrrole nitrogens is 1. The smallest absolute Gasteiger partial charge is 0.416 e. The van der Waals surface area contributed by atoms with Gasteiger partial charge in [-0.05, 0) is 56.7 Å². The molecule has 3 heterocycles. The number of aromatic amines is 1. The van der Waals surface area contributed by atoms with Gasteiger partial charge in [-0.25, -0.2) is 9.97 Å². The average molecular weight is 528 g/mol. The van der Waals surface area contributed by atoms with Crippen molar-refractivity contribution in [2.24, 2.45) is 11.3 Å². The predicted octanol–water partition coefficient (Wildman–Crippen LogP) is 4.48. The predicted molar refractivity (Wildman–Crippen MR) is 132 cm³/mol. The van der Waals surface area contributed by atoms with Gasteiger partial charge in [0.2, 0.25) is 5.91 Å². The molecule has 1 saturated heterocycles. The maximum atomic E-state index is 13.6. The summed E-state index contributed by atoms with van der Waals surface area (Å²) in [5.74, 6) is 0.348. The molecule has 6 rings (SSSR count). The lowest BCUT2D eigenvalue weighted by Gasteiger charge is -2.18. The topological polar surface area (TPSA) is 100 Å². The van der Waals surface area contributed by atoms with Crippen LogP contribution >= 0.6 is 0 Å². The number of hydrogen-bond acceptors (Lipinski definition) is 5. The SMILES string of the molecule is CC(=O)N1C[C@@H](NC(=O)c2c(C)[nH]c3c(-c4cc(C(F)(F)F)ccc4OCC4CC4)ncnc23)C2(CC2)C1. The zero-order valence-corrected chi connectivity index (χ0v) is 21.1. The first-order valence-electron chi connectivity index (χ1n) is 12.8. The number of aromatic nitrogens is 3. The second kappa shape index (κ2) is 8.71. The highest BCUT2D eigenvalue weighted by molar-refractivity contribution is 6.09. The molecule has 200 valence electrons. The summed E-state index contributed by atoms with van der Waals surface area (Å²) in [5, 5.41) is 3.10. The minimum Gasteiger partial charge on any atom is -0.493 e. The number of halogens is 3. The van der Waals surface area contributed by atoms with Crippen LogP contribution in [0.3, 0.4) is 0 Å². The number of hydrogen-bond donors (Lipinski definition) is 2. The third-order valence-corrected chi connectivity index (χ3v) is 8.02. The number of ether oxygens (including phenoxy) is 1. The van der Waals surface area contributed by atoms with E-state index < -0.39 is 11.7 Å². The van der Waals surface area contributed by atoms with Gasteiger partial charge in [0.1, 0.15) is 23.3 Å². The fraction of sp³-hybridized carbons (Fsp3) is 0.481. The van der Waals surface area contributed by atoms with Gasteiger partial charge in [0, 0.05) is 36.7 Å². The van der Waals surface area contributed by atoms with Crippen LogP contribution in [-0.4, -0.2) is 57.4 Å². The van der Waals surface area contributed by atoms with Gasteiger partial charge < -0.3 is 19.9 Å². The van der Waals surface area contributed by atoms with E-state index in [-0.39, 0.29) is 34.5 Å². The molecular weight excluding hydrogens is 499 g/mol. The Labute approximate surface area is 217 Å². The Balaban J connectivity index is 1.37. The van der Waals surface area contributed by atoms with Crippen molar-refractivity contribution in [1.29, 1.82) is 0 Å². The molecular formula is C27H28F3N5O3. The molecule has 3 aliphatic rings. The molecule has 1 atom stereocenters. The molecule has 2 N–H and O–H groups in total. The number of rotatable bonds is 6. The minimum atomic E-state index is -4.54. The van der Waals surface area contributed by atoms with Gasteiger partial charge in [0.15, 0.2) is 0 Å². The molecule has 0 unspecified atom stereocenters. The van der Waals surface area contributed by atoms with Gasteiger partial charge in [0.05, 0.1) is 29.3 Å². The molecule has 1 aromatic carbocycles. The largest absolute Gasteiger partial charge is 0.493 e. The van der Waals surface area contributed by atoms with Gasteiger partial charge in [-0.15, -0.1) is 0 Å². The fourth-order valence-electron chi connectivity index (χ4n) is 5.42. The fourth-order valence-corrected chi connectivity index (χ4v) is 5.42. The Hall–Kier alpha value is -3.63. The second-order valence-corrected chi connectivity index (χ2v) is 10.8. The first kappa shape index (κ1) is 24.7. The summed E-state index contributed by atoms with van der Waals surface area (Å²) in [6, 6.07) is 3.19. The van der Waals surface area contributed by atoms with E-state index in [1.165, 1.54) is 19.3 Å². The number of alkyl halides is 3. The van der Waals surface area contributed by atoms with Crippen molar-refractivity contribution in [1.82, 2.24) is 25.2 Å². The maximum Gasteiger partial charge on any atom is 0.416 e. The number of carbonyl (C=O) groups excluding carboxylic acids is 2. The van der Waals surface area contributed by atoms with Crippen LogP contribution in [0.1, 0.15) is 54.2 Å². The molecule has 8 nitrogen and oxygen atoms in total. The third kappa shape index (κ3) is 4.37. The monoisotopic (exact) mass is 527 g/mol. The number of carbonyl (C=O) groups is 2.